The van der Waals surface area contributed by atoms with E-state index in [1.165, 1.54) is 0 Å². The van der Waals surface area contributed by atoms with E-state index in [0.29, 0.717) is 5.56 Å². The molecule has 0 aliphatic carbocycles. The lowest BCUT2D eigenvalue weighted by Crippen LogP contribution is -2.41. The van der Waals surface area contributed by atoms with Gasteiger partial charge in [-0.25, -0.2) is 0 Å². The molecule has 1 N–H and O–H groups in total. The Morgan fingerprint density at radius 3 is 2.39 bits per heavy atom. The van der Waals surface area contributed by atoms with Gasteiger partial charge in [0.2, 0.25) is 0 Å². The van der Waals surface area contributed by atoms with E-state index >= 15 is 0 Å². The summed E-state index contributed by atoms with van der Waals surface area (Å²) in [5, 5.41) is 2.28. The minimum atomic E-state index is -3.39. The molecule has 0 radical (unpaired) electrons. The average molecular weight is 255 g/mol. The largest absolute Gasteiger partial charge is 0.351 e. The molecule has 18 heavy (non-hydrogen) atoms. The molecule has 1 fully saturated rings. The van der Waals surface area contributed by atoms with Crippen LogP contribution in [0.25, 0.3) is 0 Å². The van der Waals surface area contributed by atoms with Crippen molar-refractivity contribution in [3.05, 3.63) is 35.4 Å². The van der Waals surface area contributed by atoms with E-state index in [4.69, 9.17) is 4.74 Å². The SMILES string of the molecule is CCOC1(c2ccc(C)cc2)CC(F)(F)C(=O)N1. The Hall–Kier alpha value is -1.49. The van der Waals surface area contributed by atoms with Crippen molar-refractivity contribution in [2.24, 2.45) is 0 Å². The van der Waals surface area contributed by atoms with Crippen LogP contribution in [0.15, 0.2) is 24.3 Å². The lowest BCUT2D eigenvalue weighted by molar-refractivity contribution is -0.139. The van der Waals surface area contributed by atoms with Crippen LogP contribution in [0.4, 0.5) is 8.78 Å². The van der Waals surface area contributed by atoms with Gasteiger partial charge in [0.1, 0.15) is 0 Å². The number of rotatable bonds is 3. The Balaban J connectivity index is 2.40. The normalized spacial score (nSPS) is 26.1. The fraction of sp³-hybridized carbons (Fsp3) is 0.462. The van der Waals surface area contributed by atoms with Crippen LogP contribution in [-0.4, -0.2) is 18.4 Å². The molecule has 1 atom stereocenters. The third kappa shape index (κ3) is 2.10. The van der Waals surface area contributed by atoms with Crippen LogP contribution in [0, 0.1) is 6.92 Å². The highest BCUT2D eigenvalue weighted by molar-refractivity contribution is 5.86. The first kappa shape index (κ1) is 13.0. The smallest absolute Gasteiger partial charge is 0.329 e. The number of carbonyl (C=O) groups is 1. The predicted octanol–water partition coefficient (Wildman–Crippen LogP) is 2.34. The Bertz CT molecular complexity index is 459. The number of nitrogens with one attached hydrogen (secondary N) is 1. The van der Waals surface area contributed by atoms with E-state index < -0.39 is 24.0 Å². The first-order valence-corrected chi connectivity index (χ1v) is 5.81. The number of amides is 1. The highest BCUT2D eigenvalue weighted by Crippen LogP contribution is 2.40. The molecular formula is C13H15F2NO2. The van der Waals surface area contributed by atoms with Gasteiger partial charge in [0.15, 0.2) is 5.72 Å². The molecule has 0 spiro atoms. The maximum absolute atomic E-state index is 13.4. The van der Waals surface area contributed by atoms with Gasteiger partial charge in [-0.1, -0.05) is 29.8 Å². The van der Waals surface area contributed by atoms with Crippen LogP contribution in [0.3, 0.4) is 0 Å². The summed E-state index contributed by atoms with van der Waals surface area (Å²) in [6, 6.07) is 7.01. The summed E-state index contributed by atoms with van der Waals surface area (Å²) in [6.07, 6.45) is -0.671. The average Bonchev–Trinajstić information content (AvgIpc) is 2.51. The number of alkyl halides is 2. The lowest BCUT2D eigenvalue weighted by Gasteiger charge is -2.29. The molecule has 1 amide bonds. The Morgan fingerprint density at radius 1 is 1.33 bits per heavy atom. The van der Waals surface area contributed by atoms with Gasteiger partial charge in [-0.3, -0.25) is 4.79 Å². The molecule has 1 aromatic carbocycles. The van der Waals surface area contributed by atoms with Gasteiger partial charge in [-0.2, -0.15) is 8.78 Å². The molecule has 1 aromatic rings. The molecule has 1 heterocycles. The Kier molecular flexibility index (Phi) is 3.11. The summed E-state index contributed by atoms with van der Waals surface area (Å²) in [5.74, 6) is -4.67. The van der Waals surface area contributed by atoms with Crippen molar-refractivity contribution in [3.63, 3.8) is 0 Å². The van der Waals surface area contributed by atoms with Gasteiger partial charge >= 0.3 is 5.92 Å². The molecule has 1 saturated heterocycles. The number of halogens is 2. The van der Waals surface area contributed by atoms with Crippen molar-refractivity contribution in [3.8, 4) is 0 Å². The Morgan fingerprint density at radius 2 is 1.94 bits per heavy atom. The van der Waals surface area contributed by atoms with Gasteiger partial charge in [0.25, 0.3) is 5.91 Å². The quantitative estimate of drug-likeness (QED) is 0.900. The predicted molar refractivity (Wildman–Crippen MR) is 62.2 cm³/mol. The van der Waals surface area contributed by atoms with Crippen LogP contribution in [0.5, 0.6) is 0 Å². The van der Waals surface area contributed by atoms with Gasteiger partial charge in [-0.05, 0) is 13.8 Å². The zero-order valence-electron chi connectivity index (χ0n) is 10.3. The van der Waals surface area contributed by atoms with Gasteiger partial charge in [-0.15, -0.1) is 0 Å². The number of aryl methyl sites for hydroxylation is 1. The summed E-state index contributed by atoms with van der Waals surface area (Å²) >= 11 is 0. The topological polar surface area (TPSA) is 38.3 Å². The highest BCUT2D eigenvalue weighted by atomic mass is 19.3. The monoisotopic (exact) mass is 255 g/mol. The number of carbonyl (C=O) groups excluding carboxylic acids is 1. The second-order valence-corrected chi connectivity index (χ2v) is 4.46. The summed E-state index contributed by atoms with van der Waals surface area (Å²) in [7, 11) is 0. The standard InChI is InChI=1S/C13H15F2NO2/c1-3-18-13(8-12(14,15)11(17)16-13)10-6-4-9(2)5-7-10/h4-7H,3,8H2,1-2H3,(H,16,17). The third-order valence-electron chi connectivity index (χ3n) is 3.03. The zero-order valence-corrected chi connectivity index (χ0v) is 10.3. The fourth-order valence-corrected chi connectivity index (χ4v) is 2.13. The first-order chi connectivity index (χ1) is 8.39. The second kappa shape index (κ2) is 4.31. The maximum Gasteiger partial charge on any atom is 0.329 e. The molecule has 1 aliphatic rings. The summed E-state index contributed by atoms with van der Waals surface area (Å²) in [6.45, 7) is 3.85. The molecule has 0 saturated carbocycles. The molecule has 0 bridgehead atoms. The molecular weight excluding hydrogens is 240 g/mol. The van der Waals surface area contributed by atoms with Crippen LogP contribution in [0.2, 0.25) is 0 Å². The number of hydrogen-bond acceptors (Lipinski definition) is 2. The van der Waals surface area contributed by atoms with Crippen molar-refractivity contribution in [2.75, 3.05) is 6.61 Å². The van der Waals surface area contributed by atoms with Crippen molar-refractivity contribution in [1.29, 1.82) is 0 Å². The zero-order chi connectivity index (χ0) is 13.4. The number of hydrogen-bond donors (Lipinski definition) is 1. The minimum Gasteiger partial charge on any atom is -0.351 e. The van der Waals surface area contributed by atoms with E-state index in [1.807, 2.05) is 6.92 Å². The van der Waals surface area contributed by atoms with E-state index in [0.717, 1.165) is 5.56 Å². The maximum atomic E-state index is 13.4. The minimum absolute atomic E-state index is 0.240. The van der Waals surface area contributed by atoms with Gasteiger partial charge in [0.05, 0.1) is 6.42 Å². The molecule has 5 heteroatoms. The van der Waals surface area contributed by atoms with Crippen molar-refractivity contribution < 1.29 is 18.3 Å². The molecule has 3 nitrogen and oxygen atoms in total. The second-order valence-electron chi connectivity index (χ2n) is 4.46. The van der Waals surface area contributed by atoms with Gasteiger partial charge in [0, 0.05) is 12.2 Å². The van der Waals surface area contributed by atoms with Crippen molar-refractivity contribution in [2.45, 2.75) is 31.9 Å². The highest BCUT2D eigenvalue weighted by Gasteiger charge is 2.57. The Labute approximate surface area is 104 Å². The summed E-state index contributed by atoms with van der Waals surface area (Å²) in [4.78, 5) is 11.3. The summed E-state index contributed by atoms with van der Waals surface area (Å²) < 4.78 is 32.3. The number of benzene rings is 1. The number of ether oxygens (including phenoxy) is 1. The van der Waals surface area contributed by atoms with E-state index in [9.17, 15) is 13.6 Å². The van der Waals surface area contributed by atoms with E-state index in [1.54, 1.807) is 31.2 Å². The fourth-order valence-electron chi connectivity index (χ4n) is 2.13. The van der Waals surface area contributed by atoms with Crippen molar-refractivity contribution in [1.82, 2.24) is 5.32 Å². The molecule has 1 aliphatic heterocycles. The van der Waals surface area contributed by atoms with Crippen LogP contribution < -0.4 is 5.32 Å². The van der Waals surface area contributed by atoms with Crippen molar-refractivity contribution >= 4 is 5.91 Å². The van der Waals surface area contributed by atoms with Crippen LogP contribution >= 0.6 is 0 Å². The molecule has 2 rings (SSSR count). The van der Waals surface area contributed by atoms with E-state index in [-0.39, 0.29) is 6.61 Å². The molecule has 1 unspecified atom stereocenters. The van der Waals surface area contributed by atoms with Gasteiger partial charge < -0.3 is 10.1 Å². The van der Waals surface area contributed by atoms with Crippen LogP contribution in [-0.2, 0) is 15.3 Å². The molecule has 98 valence electrons. The van der Waals surface area contributed by atoms with Crippen LogP contribution in [0.1, 0.15) is 24.5 Å². The molecule has 0 aromatic heterocycles. The first-order valence-electron chi connectivity index (χ1n) is 5.81. The van der Waals surface area contributed by atoms with E-state index in [2.05, 4.69) is 5.32 Å². The summed E-state index contributed by atoms with van der Waals surface area (Å²) in [5.41, 5.74) is 0.144. The lowest BCUT2D eigenvalue weighted by atomic mass is 9.98. The third-order valence-corrected chi connectivity index (χ3v) is 3.03.